The van der Waals surface area contributed by atoms with E-state index in [1.54, 1.807) is 11.8 Å². The highest BCUT2D eigenvalue weighted by molar-refractivity contribution is 7.92. The van der Waals surface area contributed by atoms with Crippen LogP contribution in [0.15, 0.2) is 24.3 Å². The predicted molar refractivity (Wildman–Crippen MR) is 79.3 cm³/mol. The van der Waals surface area contributed by atoms with Gasteiger partial charge in [0.1, 0.15) is 0 Å². The molecule has 1 aromatic rings. The molecule has 1 aliphatic rings. The molecule has 110 valence electrons. The molecule has 1 heterocycles. The summed E-state index contributed by atoms with van der Waals surface area (Å²) in [5.41, 5.74) is 2.10. The van der Waals surface area contributed by atoms with Crippen LogP contribution in [0.2, 0.25) is 0 Å². The lowest BCUT2D eigenvalue weighted by molar-refractivity contribution is -0.132. The Hall–Kier alpha value is -1.36. The third kappa shape index (κ3) is 3.03. The second-order valence-corrected chi connectivity index (χ2v) is 8.04. The minimum atomic E-state index is -3.05. The zero-order chi connectivity index (χ0) is 14.9. The third-order valence-electron chi connectivity index (χ3n) is 4.11. The quantitative estimate of drug-likeness (QED) is 0.832. The van der Waals surface area contributed by atoms with Gasteiger partial charge in [-0.15, -0.1) is 0 Å². The summed E-state index contributed by atoms with van der Waals surface area (Å²) in [5, 5.41) is -0.488. The monoisotopic (exact) mass is 295 g/mol. The van der Waals surface area contributed by atoms with Gasteiger partial charge in [-0.3, -0.25) is 4.79 Å². The van der Waals surface area contributed by atoms with Crippen molar-refractivity contribution < 1.29 is 13.2 Å². The number of sulfone groups is 1. The van der Waals surface area contributed by atoms with Crippen LogP contribution in [0.1, 0.15) is 25.0 Å². The van der Waals surface area contributed by atoms with Crippen LogP contribution in [-0.2, 0) is 21.1 Å². The molecule has 1 aromatic carbocycles. The molecule has 1 fully saturated rings. The fourth-order valence-electron chi connectivity index (χ4n) is 2.62. The van der Waals surface area contributed by atoms with Crippen LogP contribution in [0, 0.1) is 6.92 Å². The fourth-order valence-corrected chi connectivity index (χ4v) is 4.19. The number of hydrogen-bond acceptors (Lipinski definition) is 3. The molecule has 0 radical (unpaired) electrons. The molecule has 0 N–H and O–H groups in total. The Balaban J connectivity index is 2.10. The fraction of sp³-hybridized carbons (Fsp3) is 0.533. The zero-order valence-electron chi connectivity index (χ0n) is 12.2. The van der Waals surface area contributed by atoms with Crippen molar-refractivity contribution in [3.8, 4) is 0 Å². The van der Waals surface area contributed by atoms with Gasteiger partial charge in [-0.2, -0.15) is 0 Å². The third-order valence-corrected chi connectivity index (χ3v) is 6.39. The Kier molecular flexibility index (Phi) is 4.18. The summed E-state index contributed by atoms with van der Waals surface area (Å²) in [4.78, 5) is 14.1. The number of amides is 1. The molecular weight excluding hydrogens is 274 g/mol. The molecule has 1 saturated heterocycles. The van der Waals surface area contributed by atoms with Gasteiger partial charge >= 0.3 is 0 Å². The highest BCUT2D eigenvalue weighted by Crippen LogP contribution is 2.20. The summed E-state index contributed by atoms with van der Waals surface area (Å²) < 4.78 is 23.7. The number of hydrogen-bond donors (Lipinski definition) is 0. The van der Waals surface area contributed by atoms with Crippen molar-refractivity contribution in [1.29, 1.82) is 0 Å². The van der Waals surface area contributed by atoms with Crippen LogP contribution in [0.25, 0.3) is 0 Å². The van der Waals surface area contributed by atoms with E-state index in [1.165, 1.54) is 0 Å². The number of rotatable bonds is 2. The van der Waals surface area contributed by atoms with E-state index >= 15 is 0 Å². The molecule has 20 heavy (non-hydrogen) atoms. The van der Waals surface area contributed by atoms with Crippen LogP contribution in [0.3, 0.4) is 0 Å². The molecule has 2 atom stereocenters. The van der Waals surface area contributed by atoms with E-state index in [4.69, 9.17) is 0 Å². The predicted octanol–water partition coefficient (Wildman–Crippen LogP) is 1.57. The normalized spacial score (nSPS) is 25.4. The maximum absolute atomic E-state index is 12.4. The van der Waals surface area contributed by atoms with Crippen molar-refractivity contribution in [1.82, 2.24) is 4.90 Å². The second kappa shape index (κ2) is 5.56. The first-order valence-electron chi connectivity index (χ1n) is 6.88. The number of carbonyl (C=O) groups is 1. The Morgan fingerprint density at radius 2 is 2.05 bits per heavy atom. The molecule has 5 heteroatoms. The highest BCUT2D eigenvalue weighted by atomic mass is 32.2. The van der Waals surface area contributed by atoms with Gasteiger partial charge in [-0.25, -0.2) is 8.42 Å². The van der Waals surface area contributed by atoms with E-state index in [2.05, 4.69) is 0 Å². The van der Waals surface area contributed by atoms with Crippen LogP contribution >= 0.6 is 0 Å². The second-order valence-electron chi connectivity index (χ2n) is 5.57. The number of carbonyl (C=O) groups excluding carboxylic acids is 1. The maximum atomic E-state index is 12.4. The molecule has 0 aliphatic carbocycles. The standard InChI is InChI=1S/C15H21NO3S/c1-11-5-4-6-14(9-11)10-15(17)16-7-8-20(18,19)13(3)12(16)2/h4-6,9,12-13H,7-8,10H2,1-3H3. The Bertz CT molecular complexity index is 609. The summed E-state index contributed by atoms with van der Waals surface area (Å²) in [5.74, 6) is 0.0720. The molecule has 2 rings (SSSR count). The van der Waals surface area contributed by atoms with E-state index in [1.807, 2.05) is 38.1 Å². The summed E-state index contributed by atoms with van der Waals surface area (Å²) in [6, 6.07) is 7.59. The minimum absolute atomic E-state index is 0.00449. The van der Waals surface area contributed by atoms with Crippen molar-refractivity contribution in [2.75, 3.05) is 12.3 Å². The average Bonchev–Trinajstić information content (AvgIpc) is 2.36. The zero-order valence-corrected chi connectivity index (χ0v) is 13.0. The van der Waals surface area contributed by atoms with Gasteiger partial charge in [0.25, 0.3) is 0 Å². The summed E-state index contributed by atoms with van der Waals surface area (Å²) in [7, 11) is -3.05. The summed E-state index contributed by atoms with van der Waals surface area (Å²) in [6.07, 6.45) is 0.332. The van der Waals surface area contributed by atoms with Crippen molar-refractivity contribution in [3.05, 3.63) is 35.4 Å². The molecular formula is C15H21NO3S. The lowest BCUT2D eigenvalue weighted by Gasteiger charge is -2.37. The average molecular weight is 295 g/mol. The topological polar surface area (TPSA) is 54.5 Å². The van der Waals surface area contributed by atoms with Crippen molar-refractivity contribution in [2.24, 2.45) is 0 Å². The molecule has 0 spiro atoms. The number of benzene rings is 1. The van der Waals surface area contributed by atoms with Gasteiger partial charge < -0.3 is 4.90 Å². The molecule has 0 aromatic heterocycles. The number of aryl methyl sites for hydroxylation is 1. The van der Waals surface area contributed by atoms with Gasteiger partial charge in [-0.1, -0.05) is 29.8 Å². The molecule has 1 aliphatic heterocycles. The molecule has 1 amide bonds. The van der Waals surface area contributed by atoms with E-state index < -0.39 is 15.1 Å². The molecule has 4 nitrogen and oxygen atoms in total. The Labute approximate surface area is 120 Å². The van der Waals surface area contributed by atoms with Crippen molar-refractivity contribution >= 4 is 15.7 Å². The number of nitrogens with zero attached hydrogens (tertiary/aromatic N) is 1. The van der Waals surface area contributed by atoms with Gasteiger partial charge in [0, 0.05) is 12.6 Å². The Morgan fingerprint density at radius 1 is 1.35 bits per heavy atom. The molecule has 2 unspecified atom stereocenters. The first kappa shape index (κ1) is 15.0. The van der Waals surface area contributed by atoms with Crippen molar-refractivity contribution in [2.45, 2.75) is 38.5 Å². The summed E-state index contributed by atoms with van der Waals surface area (Å²) >= 11 is 0. The van der Waals surface area contributed by atoms with Gasteiger partial charge in [0.05, 0.1) is 17.4 Å². The highest BCUT2D eigenvalue weighted by Gasteiger charge is 2.37. The SMILES string of the molecule is Cc1cccc(CC(=O)N2CCS(=O)(=O)C(C)C2C)c1. The van der Waals surface area contributed by atoms with Crippen LogP contribution < -0.4 is 0 Å². The minimum Gasteiger partial charge on any atom is -0.337 e. The first-order chi connectivity index (χ1) is 9.31. The lowest BCUT2D eigenvalue weighted by Crippen LogP contribution is -2.54. The van der Waals surface area contributed by atoms with Gasteiger partial charge in [0.2, 0.25) is 5.91 Å². The van der Waals surface area contributed by atoms with Crippen molar-refractivity contribution in [3.63, 3.8) is 0 Å². The van der Waals surface area contributed by atoms with Gasteiger partial charge in [-0.05, 0) is 26.3 Å². The Morgan fingerprint density at radius 3 is 2.70 bits per heavy atom. The summed E-state index contributed by atoms with van der Waals surface area (Å²) in [6.45, 7) is 5.80. The van der Waals surface area contributed by atoms with Crippen LogP contribution in [0.5, 0.6) is 0 Å². The first-order valence-corrected chi connectivity index (χ1v) is 8.59. The lowest BCUT2D eigenvalue weighted by atomic mass is 10.1. The maximum Gasteiger partial charge on any atom is 0.227 e. The van der Waals surface area contributed by atoms with Gasteiger partial charge in [0.15, 0.2) is 9.84 Å². The molecule has 0 bridgehead atoms. The smallest absolute Gasteiger partial charge is 0.227 e. The van der Waals surface area contributed by atoms with E-state index in [-0.39, 0.29) is 17.7 Å². The van der Waals surface area contributed by atoms with Crippen LogP contribution in [-0.4, -0.2) is 42.8 Å². The molecule has 0 saturated carbocycles. The van der Waals surface area contributed by atoms with E-state index in [0.29, 0.717) is 13.0 Å². The van der Waals surface area contributed by atoms with E-state index in [0.717, 1.165) is 11.1 Å². The largest absolute Gasteiger partial charge is 0.337 e. The van der Waals surface area contributed by atoms with E-state index in [9.17, 15) is 13.2 Å². The van der Waals surface area contributed by atoms with Crippen LogP contribution in [0.4, 0.5) is 0 Å².